The van der Waals surface area contributed by atoms with E-state index in [1.54, 1.807) is 6.07 Å². The number of benzene rings is 1. The van der Waals surface area contributed by atoms with Gasteiger partial charge in [-0.25, -0.2) is 0 Å². The van der Waals surface area contributed by atoms with Crippen molar-refractivity contribution in [2.75, 3.05) is 7.05 Å². The van der Waals surface area contributed by atoms with Crippen molar-refractivity contribution in [1.29, 1.82) is 0 Å². The van der Waals surface area contributed by atoms with E-state index in [0.717, 1.165) is 25.0 Å². The summed E-state index contributed by atoms with van der Waals surface area (Å²) in [6, 6.07) is 14.0. The summed E-state index contributed by atoms with van der Waals surface area (Å²) in [4.78, 5) is 14.7. The van der Waals surface area contributed by atoms with Crippen molar-refractivity contribution in [2.24, 2.45) is 0 Å². The predicted molar refractivity (Wildman–Crippen MR) is 95.2 cm³/mol. The summed E-state index contributed by atoms with van der Waals surface area (Å²) < 4.78 is 5.59. The zero-order chi connectivity index (χ0) is 17.4. The number of rotatable bonds is 3. The van der Waals surface area contributed by atoms with Gasteiger partial charge in [0.25, 0.3) is 5.91 Å². The first-order valence-electron chi connectivity index (χ1n) is 8.60. The molecule has 1 aliphatic rings. The number of furan rings is 1. The standard InChI is InChI=1S/C20H21N3O2/c1-13-10-11-19(25-13)16-12-17(22-21-16)20(24)23(2)18-9-5-7-14-6-3-4-8-15(14)18/h3-4,6,8,10-12,18H,5,7,9H2,1-2H3,(H,21,22)/t18-/m1/s1. The van der Waals surface area contributed by atoms with E-state index in [2.05, 4.69) is 28.4 Å². The highest BCUT2D eigenvalue weighted by atomic mass is 16.3. The van der Waals surface area contributed by atoms with Crippen LogP contribution < -0.4 is 0 Å². The minimum Gasteiger partial charge on any atom is -0.460 e. The first-order chi connectivity index (χ1) is 12.1. The maximum Gasteiger partial charge on any atom is 0.274 e. The van der Waals surface area contributed by atoms with Crippen LogP contribution in [0.15, 0.2) is 46.9 Å². The Morgan fingerprint density at radius 2 is 2.12 bits per heavy atom. The molecule has 0 aliphatic heterocycles. The molecule has 1 aromatic carbocycles. The lowest BCUT2D eigenvalue weighted by molar-refractivity contribution is 0.0709. The fraction of sp³-hybridized carbons (Fsp3) is 0.300. The van der Waals surface area contributed by atoms with Gasteiger partial charge in [0.05, 0.1) is 6.04 Å². The molecule has 5 heteroatoms. The van der Waals surface area contributed by atoms with Crippen LogP contribution in [0, 0.1) is 6.92 Å². The van der Waals surface area contributed by atoms with Gasteiger partial charge in [-0.05, 0) is 49.4 Å². The number of hydrogen-bond donors (Lipinski definition) is 1. The van der Waals surface area contributed by atoms with Crippen molar-refractivity contribution in [3.8, 4) is 11.5 Å². The van der Waals surface area contributed by atoms with Gasteiger partial charge in [-0.3, -0.25) is 9.89 Å². The molecule has 25 heavy (non-hydrogen) atoms. The smallest absolute Gasteiger partial charge is 0.274 e. The lowest BCUT2D eigenvalue weighted by Gasteiger charge is -2.32. The van der Waals surface area contributed by atoms with Crippen LogP contribution in [0.3, 0.4) is 0 Å². The third-order valence-corrected chi connectivity index (χ3v) is 4.93. The van der Waals surface area contributed by atoms with E-state index in [0.29, 0.717) is 17.1 Å². The molecule has 3 aromatic rings. The maximum absolute atomic E-state index is 12.9. The van der Waals surface area contributed by atoms with Crippen LogP contribution in [-0.2, 0) is 6.42 Å². The van der Waals surface area contributed by atoms with Crippen LogP contribution in [-0.4, -0.2) is 28.1 Å². The summed E-state index contributed by atoms with van der Waals surface area (Å²) in [6.45, 7) is 1.89. The van der Waals surface area contributed by atoms with Gasteiger partial charge in [0.1, 0.15) is 11.5 Å². The summed E-state index contributed by atoms with van der Waals surface area (Å²) in [7, 11) is 1.86. The Bertz CT molecular complexity index is 909. The van der Waals surface area contributed by atoms with Gasteiger partial charge >= 0.3 is 0 Å². The molecule has 0 saturated carbocycles. The van der Waals surface area contributed by atoms with Crippen molar-refractivity contribution in [3.63, 3.8) is 0 Å². The average molecular weight is 335 g/mol. The highest BCUT2D eigenvalue weighted by molar-refractivity contribution is 5.93. The van der Waals surface area contributed by atoms with Gasteiger partial charge in [-0.2, -0.15) is 5.10 Å². The molecule has 0 saturated heterocycles. The summed E-state index contributed by atoms with van der Waals surface area (Å²) in [6.07, 6.45) is 3.16. The third-order valence-electron chi connectivity index (χ3n) is 4.93. The second-order valence-electron chi connectivity index (χ2n) is 6.60. The Kier molecular flexibility index (Phi) is 3.92. The number of aryl methyl sites for hydroxylation is 2. The number of fused-ring (bicyclic) bond motifs is 1. The normalized spacial score (nSPS) is 16.5. The quantitative estimate of drug-likeness (QED) is 0.783. The number of aromatic amines is 1. The van der Waals surface area contributed by atoms with Crippen molar-refractivity contribution < 1.29 is 9.21 Å². The van der Waals surface area contributed by atoms with Gasteiger partial charge < -0.3 is 9.32 Å². The summed E-state index contributed by atoms with van der Waals surface area (Å²) in [5, 5.41) is 7.10. The molecule has 4 rings (SSSR count). The number of carbonyl (C=O) groups is 1. The van der Waals surface area contributed by atoms with Crippen LogP contribution >= 0.6 is 0 Å². The predicted octanol–water partition coefficient (Wildman–Crippen LogP) is 4.13. The molecule has 1 N–H and O–H groups in total. The number of nitrogens with one attached hydrogen (secondary N) is 1. The van der Waals surface area contributed by atoms with Crippen molar-refractivity contribution in [3.05, 3.63) is 65.0 Å². The molecular weight excluding hydrogens is 314 g/mol. The number of aromatic nitrogens is 2. The Hall–Kier alpha value is -2.82. The second kappa shape index (κ2) is 6.24. The molecule has 1 atom stereocenters. The fourth-order valence-electron chi connectivity index (χ4n) is 3.59. The minimum atomic E-state index is -0.0764. The van der Waals surface area contributed by atoms with Crippen molar-refractivity contribution in [2.45, 2.75) is 32.2 Å². The van der Waals surface area contributed by atoms with Gasteiger partial charge in [-0.15, -0.1) is 0 Å². The topological polar surface area (TPSA) is 62.1 Å². The molecule has 1 amide bonds. The number of nitrogens with zero attached hydrogens (tertiary/aromatic N) is 2. The highest BCUT2D eigenvalue weighted by Gasteiger charge is 2.28. The highest BCUT2D eigenvalue weighted by Crippen LogP contribution is 2.34. The molecule has 128 valence electrons. The number of amides is 1. The molecule has 0 bridgehead atoms. The Balaban J connectivity index is 1.58. The first kappa shape index (κ1) is 15.7. The number of carbonyl (C=O) groups excluding carboxylic acids is 1. The van der Waals surface area contributed by atoms with Crippen molar-refractivity contribution >= 4 is 5.91 Å². The monoisotopic (exact) mass is 335 g/mol. The lowest BCUT2D eigenvalue weighted by Crippen LogP contribution is -2.33. The molecule has 0 fully saturated rings. The van der Waals surface area contributed by atoms with Crippen LogP contribution in [0.4, 0.5) is 0 Å². The van der Waals surface area contributed by atoms with E-state index >= 15 is 0 Å². The van der Waals surface area contributed by atoms with Crippen LogP contribution in [0.5, 0.6) is 0 Å². The van der Waals surface area contributed by atoms with E-state index in [1.165, 1.54) is 11.1 Å². The molecule has 0 unspecified atom stereocenters. The fourth-order valence-corrected chi connectivity index (χ4v) is 3.59. The second-order valence-corrected chi connectivity index (χ2v) is 6.60. The maximum atomic E-state index is 12.9. The SMILES string of the molecule is Cc1ccc(-c2cc(C(=O)N(C)[C@@H]3CCCc4ccccc43)n[nH]2)o1. The van der Waals surface area contributed by atoms with E-state index in [9.17, 15) is 4.79 Å². The largest absolute Gasteiger partial charge is 0.460 e. The summed E-state index contributed by atoms with van der Waals surface area (Å²) in [5.74, 6) is 1.44. The summed E-state index contributed by atoms with van der Waals surface area (Å²) in [5.41, 5.74) is 3.72. The number of H-pyrrole nitrogens is 1. The third kappa shape index (κ3) is 2.86. The first-order valence-corrected chi connectivity index (χ1v) is 8.60. The molecule has 5 nitrogen and oxygen atoms in total. The number of hydrogen-bond acceptors (Lipinski definition) is 3. The molecule has 2 heterocycles. The van der Waals surface area contributed by atoms with Crippen LogP contribution in [0.2, 0.25) is 0 Å². The molecule has 2 aromatic heterocycles. The minimum absolute atomic E-state index is 0.0764. The molecule has 0 spiro atoms. The van der Waals surface area contributed by atoms with Crippen LogP contribution in [0.1, 0.15) is 46.3 Å². The molecule has 0 radical (unpaired) electrons. The Labute approximate surface area is 146 Å². The average Bonchev–Trinajstić information content (AvgIpc) is 3.29. The Morgan fingerprint density at radius 3 is 2.92 bits per heavy atom. The van der Waals surface area contributed by atoms with E-state index in [4.69, 9.17) is 4.42 Å². The van der Waals surface area contributed by atoms with Gasteiger partial charge in [0.15, 0.2) is 11.5 Å². The van der Waals surface area contributed by atoms with Crippen molar-refractivity contribution in [1.82, 2.24) is 15.1 Å². The zero-order valence-electron chi connectivity index (χ0n) is 14.5. The Morgan fingerprint density at radius 1 is 1.28 bits per heavy atom. The van der Waals surface area contributed by atoms with Gasteiger partial charge in [0, 0.05) is 13.1 Å². The zero-order valence-corrected chi connectivity index (χ0v) is 14.5. The van der Waals surface area contributed by atoms with E-state index in [1.807, 2.05) is 37.1 Å². The van der Waals surface area contributed by atoms with Crippen LogP contribution in [0.25, 0.3) is 11.5 Å². The van der Waals surface area contributed by atoms with E-state index < -0.39 is 0 Å². The van der Waals surface area contributed by atoms with Gasteiger partial charge in [-0.1, -0.05) is 24.3 Å². The molecule has 1 aliphatic carbocycles. The molecular formula is C20H21N3O2. The summed E-state index contributed by atoms with van der Waals surface area (Å²) >= 11 is 0. The lowest BCUT2D eigenvalue weighted by atomic mass is 9.87. The van der Waals surface area contributed by atoms with E-state index in [-0.39, 0.29) is 11.9 Å². The van der Waals surface area contributed by atoms with Gasteiger partial charge in [0.2, 0.25) is 0 Å².